The highest BCUT2D eigenvalue weighted by Gasteiger charge is 2.30. The number of benzene rings is 2. The number of fused-ring (bicyclic) bond motifs is 1. The zero-order chi connectivity index (χ0) is 19.0. The highest BCUT2D eigenvalue weighted by molar-refractivity contribution is 7.19. The summed E-state index contributed by atoms with van der Waals surface area (Å²) in [6.45, 7) is 0.0511. The first-order valence-corrected chi connectivity index (χ1v) is 8.77. The lowest BCUT2D eigenvalue weighted by atomic mass is 10.2. The number of amidine groups is 1. The number of para-hydroxylation sites is 1. The number of rotatable bonds is 4. The van der Waals surface area contributed by atoms with Crippen LogP contribution in [0.4, 0.5) is 5.69 Å². The Balaban J connectivity index is 1.58. The third-order valence-electron chi connectivity index (χ3n) is 4.02. The van der Waals surface area contributed by atoms with Crippen molar-refractivity contribution in [3.05, 3.63) is 75.0 Å². The summed E-state index contributed by atoms with van der Waals surface area (Å²) in [6, 6.07) is 13.6. The monoisotopic (exact) mass is 379 g/mol. The normalized spacial score (nSPS) is 14.7. The summed E-state index contributed by atoms with van der Waals surface area (Å²) >= 11 is 1.40. The minimum atomic E-state index is -0.478. The van der Waals surface area contributed by atoms with Gasteiger partial charge in [0.2, 0.25) is 0 Å². The van der Waals surface area contributed by atoms with E-state index in [1.165, 1.54) is 34.7 Å². The lowest BCUT2D eigenvalue weighted by Gasteiger charge is -2.10. The molecule has 0 atom stereocenters. The van der Waals surface area contributed by atoms with Gasteiger partial charge in [0.05, 0.1) is 26.9 Å². The molecule has 0 spiro atoms. The zero-order valence-corrected chi connectivity index (χ0v) is 14.7. The second kappa shape index (κ2) is 6.61. The maximum absolute atomic E-state index is 10.9. The molecule has 0 aliphatic carbocycles. The first-order valence-electron chi connectivity index (χ1n) is 7.96. The largest absolute Gasteiger partial charge is 0.509 e. The summed E-state index contributed by atoms with van der Waals surface area (Å²) in [4.78, 5) is 14.9. The lowest BCUT2D eigenvalue weighted by molar-refractivity contribution is -0.384. The van der Waals surface area contributed by atoms with Gasteiger partial charge in [0.1, 0.15) is 17.3 Å². The van der Waals surface area contributed by atoms with Crippen LogP contribution in [0, 0.1) is 15.5 Å². The smallest absolute Gasteiger partial charge is 0.270 e. The molecule has 4 rings (SSSR count). The average molecular weight is 379 g/mol. The molecule has 2 N–H and O–H groups in total. The van der Waals surface area contributed by atoms with E-state index in [4.69, 9.17) is 5.41 Å². The van der Waals surface area contributed by atoms with Crippen LogP contribution in [0.15, 0.2) is 59.4 Å². The van der Waals surface area contributed by atoms with E-state index in [9.17, 15) is 15.2 Å². The van der Waals surface area contributed by atoms with Crippen LogP contribution in [0.25, 0.3) is 15.8 Å². The minimum absolute atomic E-state index is 0.0234. The van der Waals surface area contributed by atoms with Crippen molar-refractivity contribution in [2.75, 3.05) is 6.54 Å². The maximum atomic E-state index is 10.9. The first kappa shape index (κ1) is 16.9. The molecule has 8 nitrogen and oxygen atoms in total. The van der Waals surface area contributed by atoms with Gasteiger partial charge in [-0.05, 0) is 12.1 Å². The topological polar surface area (TPSA) is 116 Å². The van der Waals surface area contributed by atoms with Gasteiger partial charge < -0.3 is 5.11 Å². The Hall–Kier alpha value is -3.59. The van der Waals surface area contributed by atoms with E-state index in [1.807, 2.05) is 24.3 Å². The Kier molecular flexibility index (Phi) is 4.13. The molecule has 0 fully saturated rings. The molecule has 1 aromatic heterocycles. The van der Waals surface area contributed by atoms with Crippen LogP contribution < -0.4 is 0 Å². The van der Waals surface area contributed by atoms with Crippen LogP contribution >= 0.6 is 11.3 Å². The van der Waals surface area contributed by atoms with Crippen molar-refractivity contribution in [1.82, 2.24) is 9.99 Å². The predicted molar refractivity (Wildman–Crippen MR) is 104 cm³/mol. The Morgan fingerprint density at radius 3 is 2.89 bits per heavy atom. The van der Waals surface area contributed by atoms with Gasteiger partial charge in [0.25, 0.3) is 5.69 Å². The van der Waals surface area contributed by atoms with E-state index < -0.39 is 4.92 Å². The van der Waals surface area contributed by atoms with Crippen LogP contribution in [0.1, 0.15) is 10.6 Å². The quantitative estimate of drug-likeness (QED) is 0.406. The van der Waals surface area contributed by atoms with E-state index >= 15 is 0 Å². The van der Waals surface area contributed by atoms with E-state index in [1.54, 1.807) is 12.1 Å². The number of nitro groups is 1. The highest BCUT2D eigenvalue weighted by atomic mass is 32.1. The number of hydrazone groups is 1. The molecule has 0 saturated heterocycles. The van der Waals surface area contributed by atoms with Crippen molar-refractivity contribution >= 4 is 44.9 Å². The number of hydrogen-bond acceptors (Lipinski definition) is 7. The Bertz CT molecular complexity index is 1100. The van der Waals surface area contributed by atoms with Crippen molar-refractivity contribution in [2.24, 2.45) is 5.10 Å². The molecule has 134 valence electrons. The number of nitrogens with one attached hydrogen (secondary N) is 1. The molecule has 0 saturated carbocycles. The number of nitrogens with zero attached hydrogens (tertiary/aromatic N) is 4. The summed E-state index contributed by atoms with van der Waals surface area (Å²) in [7, 11) is 0. The van der Waals surface area contributed by atoms with Gasteiger partial charge in [0.15, 0.2) is 5.84 Å². The summed E-state index contributed by atoms with van der Waals surface area (Å²) in [6.07, 6.45) is 1.43. The molecule has 9 heteroatoms. The molecule has 0 bridgehead atoms. The molecule has 0 radical (unpaired) electrons. The van der Waals surface area contributed by atoms with Crippen LogP contribution in [-0.2, 0) is 0 Å². The second-order valence-electron chi connectivity index (χ2n) is 5.81. The predicted octanol–water partition coefficient (Wildman–Crippen LogP) is 3.80. The fraction of sp³-hybridized carbons (Fsp3) is 0.0556. The molecule has 1 aliphatic rings. The average Bonchev–Trinajstić information content (AvgIpc) is 3.20. The third kappa shape index (κ3) is 3.15. The molecular weight excluding hydrogens is 366 g/mol. The first-order chi connectivity index (χ1) is 13.0. The molecule has 0 unspecified atom stereocenters. The van der Waals surface area contributed by atoms with Crippen molar-refractivity contribution in [2.45, 2.75) is 0 Å². The molecule has 27 heavy (non-hydrogen) atoms. The van der Waals surface area contributed by atoms with Crippen LogP contribution in [-0.4, -0.2) is 38.6 Å². The Labute approximate surface area is 157 Å². The van der Waals surface area contributed by atoms with Crippen LogP contribution in [0.5, 0.6) is 0 Å². The van der Waals surface area contributed by atoms with Gasteiger partial charge in [-0.3, -0.25) is 15.5 Å². The van der Waals surface area contributed by atoms with E-state index in [-0.39, 0.29) is 23.8 Å². The summed E-state index contributed by atoms with van der Waals surface area (Å²) in [5.74, 6) is 0.0588. The number of aromatic nitrogens is 1. The second-order valence-corrected chi connectivity index (χ2v) is 6.84. The molecule has 1 aliphatic heterocycles. The summed E-state index contributed by atoms with van der Waals surface area (Å²) < 4.78 is 0.971. The molecular formula is C18H13N5O3S. The maximum Gasteiger partial charge on any atom is 0.270 e. The van der Waals surface area contributed by atoms with Gasteiger partial charge >= 0.3 is 0 Å². The Morgan fingerprint density at radius 2 is 2.11 bits per heavy atom. The van der Waals surface area contributed by atoms with Gasteiger partial charge in [0, 0.05) is 17.7 Å². The summed E-state index contributed by atoms with van der Waals surface area (Å²) in [5.41, 5.74) is 1.66. The number of thiazole rings is 1. The number of aliphatic hydroxyl groups is 1. The number of non-ortho nitro benzene ring substituents is 1. The fourth-order valence-electron chi connectivity index (χ4n) is 2.72. The van der Waals surface area contributed by atoms with E-state index in [2.05, 4.69) is 10.1 Å². The molecule has 3 aromatic rings. The van der Waals surface area contributed by atoms with Crippen molar-refractivity contribution < 1.29 is 10.0 Å². The lowest BCUT2D eigenvalue weighted by Crippen LogP contribution is -2.20. The van der Waals surface area contributed by atoms with Gasteiger partial charge in [-0.15, -0.1) is 11.3 Å². The molecule has 0 amide bonds. The van der Waals surface area contributed by atoms with Crippen molar-refractivity contribution in [3.63, 3.8) is 0 Å². The molecule has 2 aromatic carbocycles. The number of nitro benzene ring substituents is 1. The van der Waals surface area contributed by atoms with E-state index in [0.717, 1.165) is 10.2 Å². The highest BCUT2D eigenvalue weighted by Crippen LogP contribution is 2.33. The van der Waals surface area contributed by atoms with Gasteiger partial charge in [-0.25, -0.2) is 9.99 Å². The molecule has 2 heterocycles. The Morgan fingerprint density at radius 1 is 1.30 bits per heavy atom. The van der Waals surface area contributed by atoms with Gasteiger partial charge in [-0.2, -0.15) is 5.10 Å². The number of hydrogen-bond donors (Lipinski definition) is 2. The summed E-state index contributed by atoms with van der Waals surface area (Å²) in [5, 5.41) is 35.6. The SMILES string of the molecule is N=C1C(c2nc3ccccc3s2)=C(O)CN1N=Cc1cccc([N+](=O)[O-])c1. The number of aliphatic hydroxyl groups excluding tert-OH is 1. The zero-order valence-electron chi connectivity index (χ0n) is 13.9. The van der Waals surface area contributed by atoms with Gasteiger partial charge in [-0.1, -0.05) is 24.3 Å². The van der Waals surface area contributed by atoms with Crippen LogP contribution in [0.3, 0.4) is 0 Å². The third-order valence-corrected chi connectivity index (χ3v) is 5.07. The fourth-order valence-corrected chi connectivity index (χ4v) is 3.76. The minimum Gasteiger partial charge on any atom is -0.509 e. The van der Waals surface area contributed by atoms with Crippen molar-refractivity contribution in [3.8, 4) is 0 Å². The standard InChI is InChI=1S/C18H13N5O3S/c19-17-16(18-21-13-6-1-2-7-15(13)27-18)14(24)10-22(17)20-9-11-4-3-5-12(8-11)23(25)26/h1-9,19,24H,10H2. The van der Waals surface area contributed by atoms with Crippen molar-refractivity contribution in [1.29, 1.82) is 5.41 Å². The van der Waals surface area contributed by atoms with Crippen LogP contribution in [0.2, 0.25) is 0 Å². The van der Waals surface area contributed by atoms with E-state index in [0.29, 0.717) is 16.1 Å².